The van der Waals surface area contributed by atoms with Gasteiger partial charge >= 0.3 is 0 Å². The monoisotopic (exact) mass is 355 g/mol. The van der Waals surface area contributed by atoms with Gasteiger partial charge in [0.2, 0.25) is 0 Å². The number of benzene rings is 1. The highest BCUT2D eigenvalue weighted by molar-refractivity contribution is 6.33. The zero-order valence-electron chi connectivity index (χ0n) is 14.5. The molecule has 0 saturated heterocycles. The number of rotatable bonds is 6. The minimum absolute atomic E-state index is 0.643. The van der Waals surface area contributed by atoms with Gasteiger partial charge in [-0.25, -0.2) is 4.98 Å². The molecule has 0 radical (unpaired) electrons. The molecule has 0 amide bonds. The fourth-order valence-electron chi connectivity index (χ4n) is 2.70. The number of fused-ring (bicyclic) bond motifs is 1. The minimum atomic E-state index is 0.643. The van der Waals surface area contributed by atoms with Crippen molar-refractivity contribution >= 4 is 34.0 Å². The van der Waals surface area contributed by atoms with E-state index < -0.39 is 0 Å². The molecule has 0 aliphatic carbocycles. The van der Waals surface area contributed by atoms with Crippen LogP contribution in [0, 0.1) is 0 Å². The lowest BCUT2D eigenvalue weighted by Gasteiger charge is -2.16. The second-order valence-electron chi connectivity index (χ2n) is 6.06. The highest BCUT2D eigenvalue weighted by Crippen LogP contribution is 2.32. The maximum Gasteiger partial charge on any atom is 0.136 e. The van der Waals surface area contributed by atoms with Crippen molar-refractivity contribution in [2.45, 2.75) is 6.42 Å². The number of anilines is 2. The summed E-state index contributed by atoms with van der Waals surface area (Å²) in [6, 6.07) is 11.9. The molecular formula is C19H22ClN5. The molecule has 5 nitrogen and oxygen atoms in total. The molecule has 1 aromatic carbocycles. The maximum absolute atomic E-state index is 6.42. The van der Waals surface area contributed by atoms with Crippen LogP contribution in [-0.2, 0) is 0 Å². The topological polar surface area (TPSA) is 67.1 Å². The van der Waals surface area contributed by atoms with Crippen molar-refractivity contribution in [3.8, 4) is 11.3 Å². The van der Waals surface area contributed by atoms with Gasteiger partial charge in [0.25, 0.3) is 0 Å². The molecule has 0 atom stereocenters. The summed E-state index contributed by atoms with van der Waals surface area (Å²) in [5, 5.41) is 5.07. The molecule has 3 N–H and O–H groups in total. The lowest BCUT2D eigenvalue weighted by atomic mass is 10.1. The number of nitrogens with one attached hydrogen (secondary N) is 1. The molecule has 3 aromatic rings. The summed E-state index contributed by atoms with van der Waals surface area (Å²) in [4.78, 5) is 11.3. The van der Waals surface area contributed by atoms with Crippen LogP contribution in [0.4, 0.5) is 11.5 Å². The van der Waals surface area contributed by atoms with E-state index in [0.717, 1.165) is 46.6 Å². The van der Waals surface area contributed by atoms with Crippen molar-refractivity contribution in [1.82, 2.24) is 9.97 Å². The standard InChI is InChI=1S/C19H22ClN5/c1-25(2)18-7-6-13(11-15(18)20)16-12-17-14(5-3-9-22-17)19(24-16)23-10-4-8-21/h3,5-7,9,11-12H,4,8,10,21H2,1-2H3,(H,23,24). The van der Waals surface area contributed by atoms with Gasteiger partial charge in [-0.05, 0) is 43.3 Å². The summed E-state index contributed by atoms with van der Waals surface area (Å²) in [7, 11) is 3.94. The third-order valence-corrected chi connectivity index (χ3v) is 4.30. The summed E-state index contributed by atoms with van der Waals surface area (Å²) >= 11 is 6.42. The number of pyridine rings is 2. The number of hydrogen-bond donors (Lipinski definition) is 2. The summed E-state index contributed by atoms with van der Waals surface area (Å²) in [6.07, 6.45) is 2.68. The Balaban J connectivity index is 2.05. The van der Waals surface area contributed by atoms with Crippen molar-refractivity contribution < 1.29 is 0 Å². The van der Waals surface area contributed by atoms with E-state index in [9.17, 15) is 0 Å². The molecular weight excluding hydrogens is 334 g/mol. The van der Waals surface area contributed by atoms with Crippen molar-refractivity contribution in [3.63, 3.8) is 0 Å². The van der Waals surface area contributed by atoms with Gasteiger partial charge in [0.15, 0.2) is 0 Å². The largest absolute Gasteiger partial charge is 0.376 e. The van der Waals surface area contributed by atoms with Crippen molar-refractivity contribution in [2.24, 2.45) is 5.73 Å². The van der Waals surface area contributed by atoms with E-state index in [2.05, 4.69) is 10.3 Å². The van der Waals surface area contributed by atoms with Crippen molar-refractivity contribution in [3.05, 3.63) is 47.6 Å². The number of nitrogens with two attached hydrogens (primary N) is 1. The molecule has 0 bridgehead atoms. The Labute approximate surface area is 152 Å². The van der Waals surface area contributed by atoms with Crippen LogP contribution >= 0.6 is 11.6 Å². The molecule has 2 aromatic heterocycles. The van der Waals surface area contributed by atoms with E-state index in [1.165, 1.54) is 0 Å². The summed E-state index contributed by atoms with van der Waals surface area (Å²) in [6.45, 7) is 1.42. The summed E-state index contributed by atoms with van der Waals surface area (Å²) in [5.74, 6) is 0.821. The van der Waals surface area contributed by atoms with E-state index in [4.69, 9.17) is 22.3 Å². The molecule has 0 unspecified atom stereocenters. The van der Waals surface area contributed by atoms with E-state index in [1.54, 1.807) is 6.20 Å². The van der Waals surface area contributed by atoms with Gasteiger partial charge < -0.3 is 16.0 Å². The normalized spacial score (nSPS) is 10.9. The smallest absolute Gasteiger partial charge is 0.136 e. The highest BCUT2D eigenvalue weighted by atomic mass is 35.5. The number of halogens is 1. The second kappa shape index (κ2) is 7.68. The van der Waals surface area contributed by atoms with Gasteiger partial charge in [0.05, 0.1) is 21.9 Å². The Hall–Kier alpha value is -2.37. The fourth-order valence-corrected chi connectivity index (χ4v) is 3.05. The van der Waals surface area contributed by atoms with Crippen LogP contribution in [-0.4, -0.2) is 37.2 Å². The molecule has 25 heavy (non-hydrogen) atoms. The first-order chi connectivity index (χ1) is 12.1. The van der Waals surface area contributed by atoms with Crippen molar-refractivity contribution in [1.29, 1.82) is 0 Å². The molecule has 0 aliphatic heterocycles. The average Bonchev–Trinajstić information content (AvgIpc) is 2.61. The van der Waals surface area contributed by atoms with E-state index >= 15 is 0 Å². The lowest BCUT2D eigenvalue weighted by molar-refractivity contribution is 0.871. The Morgan fingerprint density at radius 1 is 1.20 bits per heavy atom. The Morgan fingerprint density at radius 3 is 2.76 bits per heavy atom. The van der Waals surface area contributed by atoms with Crippen LogP contribution in [0.3, 0.4) is 0 Å². The zero-order chi connectivity index (χ0) is 17.8. The van der Waals surface area contributed by atoms with E-state index in [0.29, 0.717) is 11.6 Å². The van der Waals surface area contributed by atoms with Crippen LogP contribution < -0.4 is 16.0 Å². The first kappa shape index (κ1) is 17.5. The van der Waals surface area contributed by atoms with Crippen LogP contribution in [0.2, 0.25) is 5.02 Å². The number of hydrogen-bond acceptors (Lipinski definition) is 5. The fraction of sp³-hybridized carbons (Fsp3) is 0.263. The van der Waals surface area contributed by atoms with Crippen LogP contribution in [0.25, 0.3) is 22.2 Å². The van der Waals surface area contributed by atoms with Gasteiger partial charge in [-0.15, -0.1) is 0 Å². The van der Waals surface area contributed by atoms with Crippen LogP contribution in [0.1, 0.15) is 6.42 Å². The van der Waals surface area contributed by atoms with Gasteiger partial charge in [-0.3, -0.25) is 4.98 Å². The first-order valence-electron chi connectivity index (χ1n) is 8.27. The van der Waals surface area contributed by atoms with Gasteiger partial charge in [-0.1, -0.05) is 17.7 Å². The van der Waals surface area contributed by atoms with Crippen LogP contribution in [0.15, 0.2) is 42.6 Å². The summed E-state index contributed by atoms with van der Waals surface area (Å²) < 4.78 is 0. The number of nitrogens with zero attached hydrogens (tertiary/aromatic N) is 3. The molecule has 0 spiro atoms. The van der Waals surface area contributed by atoms with E-state index in [1.807, 2.05) is 55.4 Å². The van der Waals surface area contributed by atoms with Gasteiger partial charge in [0.1, 0.15) is 5.82 Å². The van der Waals surface area contributed by atoms with E-state index in [-0.39, 0.29) is 0 Å². The Morgan fingerprint density at radius 2 is 2.04 bits per heavy atom. The van der Waals surface area contributed by atoms with Crippen LogP contribution in [0.5, 0.6) is 0 Å². The molecule has 130 valence electrons. The molecule has 0 saturated carbocycles. The van der Waals surface area contributed by atoms with Gasteiger partial charge in [-0.2, -0.15) is 0 Å². The first-order valence-corrected chi connectivity index (χ1v) is 8.65. The minimum Gasteiger partial charge on any atom is -0.376 e. The molecule has 0 aliphatic rings. The average molecular weight is 356 g/mol. The Kier molecular flexibility index (Phi) is 5.36. The van der Waals surface area contributed by atoms with Crippen molar-refractivity contribution in [2.75, 3.05) is 37.4 Å². The zero-order valence-corrected chi connectivity index (χ0v) is 15.2. The maximum atomic E-state index is 6.42. The summed E-state index contributed by atoms with van der Waals surface area (Å²) in [5.41, 5.74) is 9.27. The molecule has 6 heteroatoms. The predicted octanol–water partition coefficient (Wildman–Crippen LogP) is 3.78. The lowest BCUT2D eigenvalue weighted by Crippen LogP contribution is -2.10. The molecule has 3 rings (SSSR count). The predicted molar refractivity (Wildman–Crippen MR) is 106 cm³/mol. The third-order valence-electron chi connectivity index (χ3n) is 4.00. The highest BCUT2D eigenvalue weighted by Gasteiger charge is 2.10. The third kappa shape index (κ3) is 3.83. The SMILES string of the molecule is CN(C)c1ccc(-c2cc3ncccc3c(NCCCN)n2)cc1Cl. The Bertz CT molecular complexity index is 879. The second-order valence-corrected chi connectivity index (χ2v) is 6.46. The molecule has 2 heterocycles. The molecule has 0 fully saturated rings. The quantitative estimate of drug-likeness (QED) is 0.659. The van der Waals surface area contributed by atoms with Gasteiger partial charge in [0, 0.05) is 37.8 Å². The number of aromatic nitrogens is 2.